The van der Waals surface area contributed by atoms with E-state index in [1.54, 1.807) is 7.11 Å². The van der Waals surface area contributed by atoms with Crippen LogP contribution in [0, 0.1) is 11.8 Å². The fourth-order valence-corrected chi connectivity index (χ4v) is 1.07. The Balaban J connectivity index is 2.69. The largest absolute Gasteiger partial charge is 0.380 e. The van der Waals surface area contributed by atoms with Gasteiger partial charge in [-0.2, -0.15) is 12.6 Å². The van der Waals surface area contributed by atoms with Gasteiger partial charge in [0.15, 0.2) is 0 Å². The van der Waals surface area contributed by atoms with Crippen molar-refractivity contribution in [1.29, 1.82) is 0 Å². The highest BCUT2D eigenvalue weighted by atomic mass is 32.1. The van der Waals surface area contributed by atoms with E-state index in [0.29, 0.717) is 12.4 Å². The number of benzene rings is 1. The Morgan fingerprint density at radius 1 is 1.31 bits per heavy atom. The van der Waals surface area contributed by atoms with Crippen LogP contribution in [-0.2, 0) is 11.3 Å². The molecule has 2 heteroatoms. The van der Waals surface area contributed by atoms with Crippen LogP contribution < -0.4 is 0 Å². The number of rotatable bonds is 2. The molecular weight excluding hydrogens is 180 g/mol. The van der Waals surface area contributed by atoms with Crippen LogP contribution in [0.4, 0.5) is 0 Å². The highest BCUT2D eigenvalue weighted by Gasteiger charge is 1.90. The Bertz CT molecular complexity index is 305. The summed E-state index contributed by atoms with van der Waals surface area (Å²) in [7, 11) is 1.69. The van der Waals surface area contributed by atoms with Gasteiger partial charge in [0.25, 0.3) is 0 Å². The molecule has 1 rings (SSSR count). The number of ether oxygens (including phenoxy) is 1. The van der Waals surface area contributed by atoms with Crippen LogP contribution in [0.25, 0.3) is 0 Å². The second-order valence-electron chi connectivity index (χ2n) is 2.59. The van der Waals surface area contributed by atoms with Crippen molar-refractivity contribution in [3.63, 3.8) is 0 Å². The molecular formula is C11H12OS. The van der Waals surface area contributed by atoms with Gasteiger partial charge < -0.3 is 4.74 Å². The van der Waals surface area contributed by atoms with Gasteiger partial charge in [-0.25, -0.2) is 0 Å². The zero-order chi connectivity index (χ0) is 9.52. The van der Waals surface area contributed by atoms with E-state index in [2.05, 4.69) is 24.5 Å². The van der Waals surface area contributed by atoms with Gasteiger partial charge in [0.1, 0.15) is 0 Å². The van der Waals surface area contributed by atoms with E-state index in [1.807, 2.05) is 24.3 Å². The number of hydrogen-bond acceptors (Lipinski definition) is 2. The van der Waals surface area contributed by atoms with E-state index in [9.17, 15) is 0 Å². The number of hydrogen-bond donors (Lipinski definition) is 1. The molecule has 0 atom stereocenters. The van der Waals surface area contributed by atoms with Gasteiger partial charge >= 0.3 is 0 Å². The Hall–Kier alpha value is -0.910. The molecule has 1 aromatic carbocycles. The summed E-state index contributed by atoms with van der Waals surface area (Å²) in [6, 6.07) is 8.02. The average Bonchev–Trinajstić information content (AvgIpc) is 2.17. The van der Waals surface area contributed by atoms with Crippen molar-refractivity contribution in [1.82, 2.24) is 0 Å². The van der Waals surface area contributed by atoms with Crippen LogP contribution in [0.3, 0.4) is 0 Å². The predicted molar refractivity (Wildman–Crippen MR) is 57.9 cm³/mol. The van der Waals surface area contributed by atoms with Crippen molar-refractivity contribution in [2.45, 2.75) is 6.61 Å². The molecule has 0 aliphatic carbocycles. The maximum atomic E-state index is 5.00. The van der Waals surface area contributed by atoms with Crippen LogP contribution in [-0.4, -0.2) is 12.9 Å². The summed E-state index contributed by atoms with van der Waals surface area (Å²) in [4.78, 5) is 0. The smallest absolute Gasteiger partial charge is 0.0713 e. The van der Waals surface area contributed by atoms with Gasteiger partial charge in [0.2, 0.25) is 0 Å². The maximum Gasteiger partial charge on any atom is 0.0713 e. The van der Waals surface area contributed by atoms with Crippen molar-refractivity contribution in [2.75, 3.05) is 12.9 Å². The van der Waals surface area contributed by atoms with Crippen molar-refractivity contribution in [3.05, 3.63) is 35.4 Å². The SMILES string of the molecule is COCc1ccc(C#CCS)cc1. The lowest BCUT2D eigenvalue weighted by Crippen LogP contribution is -1.86. The van der Waals surface area contributed by atoms with Crippen molar-refractivity contribution in [2.24, 2.45) is 0 Å². The lowest BCUT2D eigenvalue weighted by Gasteiger charge is -1.98. The first kappa shape index (κ1) is 10.2. The van der Waals surface area contributed by atoms with Gasteiger partial charge in [0.05, 0.1) is 12.4 Å². The summed E-state index contributed by atoms with van der Waals surface area (Å²) in [5.74, 6) is 6.49. The normalized spacial score (nSPS) is 9.08. The Morgan fingerprint density at radius 2 is 2.00 bits per heavy atom. The molecule has 0 aromatic heterocycles. The van der Waals surface area contributed by atoms with E-state index in [4.69, 9.17) is 4.74 Å². The fourth-order valence-electron chi connectivity index (χ4n) is 0.993. The first-order valence-electron chi connectivity index (χ1n) is 4.04. The van der Waals surface area contributed by atoms with Gasteiger partial charge in [-0.3, -0.25) is 0 Å². The van der Waals surface area contributed by atoms with Crippen molar-refractivity contribution < 1.29 is 4.74 Å². The molecule has 0 N–H and O–H groups in total. The first-order valence-corrected chi connectivity index (χ1v) is 4.67. The standard InChI is InChI=1S/C11H12OS/c1-12-9-11-6-4-10(5-7-11)3-2-8-13/h4-7,13H,8-9H2,1H3. The van der Waals surface area contributed by atoms with Crippen LogP contribution in [0.1, 0.15) is 11.1 Å². The molecule has 1 nitrogen and oxygen atoms in total. The molecule has 1 aromatic rings. The monoisotopic (exact) mass is 192 g/mol. The van der Waals surface area contributed by atoms with Gasteiger partial charge in [-0.1, -0.05) is 24.0 Å². The molecule has 0 heterocycles. The van der Waals surface area contributed by atoms with Gasteiger partial charge in [0, 0.05) is 12.7 Å². The summed E-state index contributed by atoms with van der Waals surface area (Å²) >= 11 is 4.01. The number of methoxy groups -OCH3 is 1. The number of thiol groups is 1. The third-order valence-corrected chi connectivity index (χ3v) is 1.73. The van der Waals surface area contributed by atoms with Crippen LogP contribution >= 0.6 is 12.6 Å². The Morgan fingerprint density at radius 3 is 2.54 bits per heavy atom. The van der Waals surface area contributed by atoms with Crippen LogP contribution in [0.5, 0.6) is 0 Å². The molecule has 0 unspecified atom stereocenters. The quantitative estimate of drug-likeness (QED) is 0.558. The summed E-state index contributed by atoms with van der Waals surface area (Å²) in [5.41, 5.74) is 2.19. The molecule has 13 heavy (non-hydrogen) atoms. The Kier molecular flexibility index (Phi) is 4.45. The van der Waals surface area contributed by atoms with E-state index in [1.165, 1.54) is 5.56 Å². The third-order valence-electron chi connectivity index (χ3n) is 1.58. The molecule has 0 saturated carbocycles. The van der Waals surface area contributed by atoms with Crippen LogP contribution in [0.2, 0.25) is 0 Å². The molecule has 0 aliphatic rings. The average molecular weight is 192 g/mol. The van der Waals surface area contributed by atoms with Crippen molar-refractivity contribution >= 4 is 12.6 Å². The molecule has 68 valence electrons. The van der Waals surface area contributed by atoms with Gasteiger partial charge in [-0.05, 0) is 17.7 Å². The molecule has 0 bridgehead atoms. The molecule has 0 radical (unpaired) electrons. The predicted octanol–water partition coefficient (Wildman–Crippen LogP) is 2.11. The van der Waals surface area contributed by atoms with E-state index >= 15 is 0 Å². The molecule has 0 aliphatic heterocycles. The molecule has 0 amide bonds. The summed E-state index contributed by atoms with van der Waals surface area (Å²) < 4.78 is 5.00. The summed E-state index contributed by atoms with van der Waals surface area (Å²) in [6.07, 6.45) is 0. The van der Waals surface area contributed by atoms with Crippen molar-refractivity contribution in [3.8, 4) is 11.8 Å². The zero-order valence-corrected chi connectivity index (χ0v) is 8.47. The third kappa shape index (κ3) is 3.54. The first-order chi connectivity index (χ1) is 6.36. The van der Waals surface area contributed by atoms with Crippen LogP contribution in [0.15, 0.2) is 24.3 Å². The molecule has 0 spiro atoms. The van der Waals surface area contributed by atoms with Gasteiger partial charge in [-0.15, -0.1) is 0 Å². The maximum absolute atomic E-state index is 5.00. The zero-order valence-electron chi connectivity index (χ0n) is 7.58. The molecule has 0 fully saturated rings. The highest BCUT2D eigenvalue weighted by Crippen LogP contribution is 2.03. The van der Waals surface area contributed by atoms with E-state index in [0.717, 1.165) is 5.56 Å². The second kappa shape index (κ2) is 5.69. The van der Waals surface area contributed by atoms with E-state index < -0.39 is 0 Å². The minimum atomic E-state index is 0.597. The minimum Gasteiger partial charge on any atom is -0.380 e. The lowest BCUT2D eigenvalue weighted by molar-refractivity contribution is 0.185. The summed E-state index contributed by atoms with van der Waals surface area (Å²) in [6.45, 7) is 0.653. The minimum absolute atomic E-state index is 0.597. The summed E-state index contributed by atoms with van der Waals surface area (Å²) in [5, 5.41) is 0. The lowest BCUT2D eigenvalue weighted by atomic mass is 10.1. The van der Waals surface area contributed by atoms with E-state index in [-0.39, 0.29) is 0 Å². The molecule has 0 saturated heterocycles. The highest BCUT2D eigenvalue weighted by molar-refractivity contribution is 7.80. The topological polar surface area (TPSA) is 9.23 Å². The Labute approximate surface area is 84.5 Å². The second-order valence-corrected chi connectivity index (χ2v) is 2.91. The fraction of sp³-hybridized carbons (Fsp3) is 0.273.